The molecule has 0 fully saturated rings. The fourth-order valence-electron chi connectivity index (χ4n) is 1.93. The standard InChI is InChI=1S/C15H13BrClF2NO4S/c1-2-23-13-5-3-9(16)7-14(13)25(21,22)20-10-4-6-12(11(17)8-10)24-15(18)19/h3-8,15,20H,2H2,1H3. The molecule has 2 aromatic rings. The van der Waals surface area contributed by atoms with Gasteiger partial charge in [0.15, 0.2) is 0 Å². The first-order valence-electron chi connectivity index (χ1n) is 6.92. The Labute approximate surface area is 157 Å². The number of halogens is 4. The van der Waals surface area contributed by atoms with Crippen molar-refractivity contribution in [1.29, 1.82) is 0 Å². The third kappa shape index (κ3) is 5.20. The van der Waals surface area contributed by atoms with Gasteiger partial charge in [-0.25, -0.2) is 8.42 Å². The summed E-state index contributed by atoms with van der Waals surface area (Å²) in [6.45, 7) is -1.02. The largest absolute Gasteiger partial charge is 0.492 e. The molecule has 0 saturated carbocycles. The van der Waals surface area contributed by atoms with E-state index in [1.807, 2.05) is 0 Å². The van der Waals surface area contributed by atoms with Crippen LogP contribution < -0.4 is 14.2 Å². The number of alkyl halides is 2. The number of sulfonamides is 1. The van der Waals surface area contributed by atoms with Gasteiger partial charge in [0, 0.05) is 4.47 Å². The molecule has 10 heteroatoms. The Kier molecular flexibility index (Phi) is 6.47. The van der Waals surface area contributed by atoms with Crippen molar-refractivity contribution in [2.75, 3.05) is 11.3 Å². The summed E-state index contributed by atoms with van der Waals surface area (Å²) >= 11 is 9.04. The Morgan fingerprint density at radius 2 is 1.88 bits per heavy atom. The zero-order valence-electron chi connectivity index (χ0n) is 12.8. The molecule has 136 valence electrons. The van der Waals surface area contributed by atoms with E-state index < -0.39 is 16.6 Å². The zero-order chi connectivity index (χ0) is 18.6. The maximum atomic E-state index is 12.6. The maximum Gasteiger partial charge on any atom is 0.387 e. The summed E-state index contributed by atoms with van der Waals surface area (Å²) in [5, 5.41) is -0.153. The average Bonchev–Trinajstić information content (AvgIpc) is 2.51. The van der Waals surface area contributed by atoms with Gasteiger partial charge in [-0.1, -0.05) is 27.5 Å². The van der Waals surface area contributed by atoms with E-state index in [-0.39, 0.29) is 33.7 Å². The lowest BCUT2D eigenvalue weighted by Gasteiger charge is -2.14. The van der Waals surface area contributed by atoms with Crippen LogP contribution in [0.2, 0.25) is 5.02 Å². The third-order valence-corrected chi connectivity index (χ3v) is 5.09. The molecule has 0 spiro atoms. The van der Waals surface area contributed by atoms with Crippen LogP contribution in [0.1, 0.15) is 6.92 Å². The molecule has 0 aliphatic rings. The van der Waals surface area contributed by atoms with Crippen molar-refractivity contribution in [3.8, 4) is 11.5 Å². The minimum atomic E-state index is -3.99. The van der Waals surface area contributed by atoms with E-state index in [9.17, 15) is 17.2 Å². The molecule has 2 aromatic carbocycles. The van der Waals surface area contributed by atoms with Crippen LogP contribution in [-0.2, 0) is 10.0 Å². The Hall–Kier alpha value is -1.58. The van der Waals surface area contributed by atoms with Crippen molar-refractivity contribution in [1.82, 2.24) is 0 Å². The fraction of sp³-hybridized carbons (Fsp3) is 0.200. The van der Waals surface area contributed by atoms with Gasteiger partial charge < -0.3 is 9.47 Å². The molecule has 5 nitrogen and oxygen atoms in total. The van der Waals surface area contributed by atoms with Gasteiger partial charge in [0.1, 0.15) is 16.4 Å². The maximum absolute atomic E-state index is 12.6. The summed E-state index contributed by atoms with van der Waals surface area (Å²) in [4.78, 5) is -0.0762. The van der Waals surface area contributed by atoms with E-state index in [4.69, 9.17) is 16.3 Å². The van der Waals surface area contributed by atoms with Gasteiger partial charge in [0.2, 0.25) is 0 Å². The summed E-state index contributed by atoms with van der Waals surface area (Å²) < 4.78 is 62.1. The molecule has 0 saturated heterocycles. The van der Waals surface area contributed by atoms with Crippen molar-refractivity contribution in [3.05, 3.63) is 45.9 Å². The van der Waals surface area contributed by atoms with E-state index in [1.54, 1.807) is 13.0 Å². The predicted molar refractivity (Wildman–Crippen MR) is 94.2 cm³/mol. The summed E-state index contributed by atoms with van der Waals surface area (Å²) in [5.41, 5.74) is 0.0917. The predicted octanol–water partition coefficient (Wildman–Crippen LogP) is 4.90. The third-order valence-electron chi connectivity index (χ3n) is 2.90. The molecule has 0 unspecified atom stereocenters. The molecule has 1 N–H and O–H groups in total. The molecule has 0 aliphatic heterocycles. The van der Waals surface area contributed by atoms with Gasteiger partial charge >= 0.3 is 6.61 Å². The van der Waals surface area contributed by atoms with Crippen molar-refractivity contribution in [2.45, 2.75) is 18.4 Å². The monoisotopic (exact) mass is 455 g/mol. The lowest BCUT2D eigenvalue weighted by Crippen LogP contribution is -2.14. The second-order valence-corrected chi connectivity index (χ2v) is 7.63. The number of hydrogen-bond acceptors (Lipinski definition) is 4. The van der Waals surface area contributed by atoms with Crippen LogP contribution in [-0.4, -0.2) is 21.6 Å². The molecule has 2 rings (SSSR count). The minimum Gasteiger partial charge on any atom is -0.492 e. The van der Waals surface area contributed by atoms with E-state index >= 15 is 0 Å². The van der Waals surface area contributed by atoms with Crippen molar-refractivity contribution in [3.63, 3.8) is 0 Å². The molecule has 0 radical (unpaired) electrons. The zero-order valence-corrected chi connectivity index (χ0v) is 16.0. The van der Waals surface area contributed by atoms with Crippen LogP contribution in [0.15, 0.2) is 45.8 Å². The molecule has 0 aromatic heterocycles. The highest BCUT2D eigenvalue weighted by Crippen LogP contribution is 2.32. The topological polar surface area (TPSA) is 64.6 Å². The van der Waals surface area contributed by atoms with Crippen molar-refractivity contribution in [2.24, 2.45) is 0 Å². The van der Waals surface area contributed by atoms with E-state index in [0.717, 1.165) is 6.07 Å². The van der Waals surface area contributed by atoms with Crippen LogP contribution in [0.5, 0.6) is 11.5 Å². The van der Waals surface area contributed by atoms with Crippen LogP contribution in [0.25, 0.3) is 0 Å². The molecule has 0 aliphatic carbocycles. The van der Waals surface area contributed by atoms with Gasteiger partial charge in [0.25, 0.3) is 10.0 Å². The van der Waals surface area contributed by atoms with Gasteiger partial charge in [-0.05, 0) is 43.3 Å². The average molecular weight is 457 g/mol. The minimum absolute atomic E-state index is 0.0762. The number of benzene rings is 2. The van der Waals surface area contributed by atoms with Gasteiger partial charge in [-0.2, -0.15) is 8.78 Å². The molecular formula is C15H13BrClF2NO4S. The Balaban J connectivity index is 2.33. The highest BCUT2D eigenvalue weighted by molar-refractivity contribution is 9.10. The fourth-order valence-corrected chi connectivity index (χ4v) is 3.89. The van der Waals surface area contributed by atoms with Crippen LogP contribution in [0, 0.1) is 0 Å². The van der Waals surface area contributed by atoms with Crippen molar-refractivity contribution >= 4 is 43.2 Å². The van der Waals surface area contributed by atoms with E-state index in [1.165, 1.54) is 24.3 Å². The molecular weight excluding hydrogens is 444 g/mol. The first-order chi connectivity index (χ1) is 11.7. The summed E-state index contributed by atoms with van der Waals surface area (Å²) in [5.74, 6) is -0.0703. The van der Waals surface area contributed by atoms with E-state index in [2.05, 4.69) is 25.4 Å². The van der Waals surface area contributed by atoms with Crippen LogP contribution >= 0.6 is 27.5 Å². The molecule has 0 bridgehead atoms. The summed E-state index contributed by atoms with van der Waals surface area (Å²) in [6, 6.07) is 8.15. The molecule has 25 heavy (non-hydrogen) atoms. The Bertz CT molecular complexity index is 865. The molecule has 0 heterocycles. The first kappa shape index (κ1) is 19.7. The van der Waals surface area contributed by atoms with Gasteiger partial charge in [-0.15, -0.1) is 0 Å². The van der Waals surface area contributed by atoms with Gasteiger partial charge in [-0.3, -0.25) is 4.72 Å². The number of nitrogens with one attached hydrogen (secondary N) is 1. The molecule has 0 atom stereocenters. The second-order valence-electron chi connectivity index (χ2n) is 4.65. The lowest BCUT2D eigenvalue weighted by molar-refractivity contribution is -0.0497. The highest BCUT2D eigenvalue weighted by atomic mass is 79.9. The summed E-state index contributed by atoms with van der Waals surface area (Å²) in [6.07, 6.45) is 0. The smallest absolute Gasteiger partial charge is 0.387 e. The van der Waals surface area contributed by atoms with Crippen LogP contribution in [0.3, 0.4) is 0 Å². The highest BCUT2D eigenvalue weighted by Gasteiger charge is 2.21. The summed E-state index contributed by atoms with van der Waals surface area (Å²) in [7, 11) is -3.99. The number of rotatable bonds is 7. The molecule has 0 amide bonds. The number of anilines is 1. The SMILES string of the molecule is CCOc1ccc(Br)cc1S(=O)(=O)Nc1ccc(OC(F)F)c(Cl)c1. The normalized spacial score (nSPS) is 11.4. The Morgan fingerprint density at radius 3 is 2.48 bits per heavy atom. The second kappa shape index (κ2) is 8.20. The quantitative estimate of drug-likeness (QED) is 0.643. The number of hydrogen-bond donors (Lipinski definition) is 1. The van der Waals surface area contributed by atoms with Crippen molar-refractivity contribution < 1.29 is 26.7 Å². The van der Waals surface area contributed by atoms with E-state index in [0.29, 0.717) is 4.47 Å². The van der Waals surface area contributed by atoms with Gasteiger partial charge in [0.05, 0.1) is 17.3 Å². The number of ether oxygens (including phenoxy) is 2. The van der Waals surface area contributed by atoms with Crippen LogP contribution in [0.4, 0.5) is 14.5 Å². The lowest BCUT2D eigenvalue weighted by atomic mass is 10.3. The Morgan fingerprint density at radius 1 is 1.20 bits per heavy atom. The first-order valence-corrected chi connectivity index (χ1v) is 9.58.